The quantitative estimate of drug-likeness (QED) is 0.891. The van der Waals surface area contributed by atoms with E-state index in [-0.39, 0.29) is 11.7 Å². The van der Waals surface area contributed by atoms with Gasteiger partial charge in [0, 0.05) is 17.3 Å². The third-order valence-electron chi connectivity index (χ3n) is 2.88. The van der Waals surface area contributed by atoms with Crippen LogP contribution in [0.5, 0.6) is 0 Å². The molecule has 0 aliphatic heterocycles. The van der Waals surface area contributed by atoms with Gasteiger partial charge < -0.3 is 5.32 Å². The average molecular weight is 261 g/mol. The number of nitrogens with zero attached hydrogens (tertiary/aromatic N) is 1. The van der Waals surface area contributed by atoms with Gasteiger partial charge in [-0.15, -0.1) is 0 Å². The Morgan fingerprint density at radius 1 is 1.37 bits per heavy atom. The molecule has 0 bridgehead atoms. The molecule has 0 aliphatic carbocycles. The van der Waals surface area contributed by atoms with E-state index < -0.39 is 0 Å². The predicted octanol–water partition coefficient (Wildman–Crippen LogP) is 3.23. The van der Waals surface area contributed by atoms with E-state index >= 15 is 0 Å². The van der Waals surface area contributed by atoms with Gasteiger partial charge in [0.25, 0.3) is 5.91 Å². The first-order chi connectivity index (χ1) is 8.97. The summed E-state index contributed by atoms with van der Waals surface area (Å²) in [5.74, 6) is 0.158. The predicted molar refractivity (Wildman–Crippen MR) is 71.8 cm³/mol. The van der Waals surface area contributed by atoms with Crippen molar-refractivity contribution in [3.63, 3.8) is 0 Å². The number of rotatable bonds is 3. The summed E-state index contributed by atoms with van der Waals surface area (Å²) in [6.45, 7) is 5.68. The highest BCUT2D eigenvalue weighted by molar-refractivity contribution is 6.03. The van der Waals surface area contributed by atoms with Crippen LogP contribution in [-0.4, -0.2) is 16.1 Å². The number of carbonyl (C=O) groups is 1. The minimum atomic E-state index is -0.321. The van der Waals surface area contributed by atoms with Crippen molar-refractivity contribution in [2.45, 2.75) is 26.7 Å². The molecule has 0 fully saturated rings. The summed E-state index contributed by atoms with van der Waals surface area (Å²) in [5.41, 5.74) is 1.80. The number of H-pyrrole nitrogens is 1. The van der Waals surface area contributed by atoms with Gasteiger partial charge in [0.1, 0.15) is 5.82 Å². The summed E-state index contributed by atoms with van der Waals surface area (Å²) < 4.78 is 13.1. The Bertz CT molecular complexity index is 604. The van der Waals surface area contributed by atoms with Crippen molar-refractivity contribution in [1.82, 2.24) is 10.2 Å². The number of amides is 1. The van der Waals surface area contributed by atoms with Crippen molar-refractivity contribution < 1.29 is 9.18 Å². The molecular formula is C14H16FN3O. The average Bonchev–Trinajstić information content (AvgIpc) is 2.81. The van der Waals surface area contributed by atoms with E-state index in [2.05, 4.69) is 15.5 Å². The number of carbonyl (C=O) groups excluding carboxylic acids is 1. The van der Waals surface area contributed by atoms with Crippen molar-refractivity contribution in [3.8, 4) is 0 Å². The second-order valence-corrected chi connectivity index (χ2v) is 4.78. The normalized spacial score (nSPS) is 10.8. The molecule has 1 aromatic heterocycles. The Hall–Kier alpha value is -2.17. The molecule has 0 saturated carbocycles. The molecule has 2 N–H and O–H groups in total. The summed E-state index contributed by atoms with van der Waals surface area (Å²) in [5, 5.41) is 9.55. The summed E-state index contributed by atoms with van der Waals surface area (Å²) in [4.78, 5) is 12.0. The van der Waals surface area contributed by atoms with Gasteiger partial charge in [0.2, 0.25) is 0 Å². The lowest BCUT2D eigenvalue weighted by Crippen LogP contribution is -2.12. The van der Waals surface area contributed by atoms with Crippen LogP contribution in [0.1, 0.15) is 41.4 Å². The van der Waals surface area contributed by atoms with Gasteiger partial charge in [-0.05, 0) is 36.6 Å². The van der Waals surface area contributed by atoms with Gasteiger partial charge in [-0.25, -0.2) is 4.39 Å². The molecule has 0 unspecified atom stereocenters. The number of benzene rings is 1. The van der Waals surface area contributed by atoms with Gasteiger partial charge in [0.05, 0.1) is 0 Å². The van der Waals surface area contributed by atoms with E-state index in [0.29, 0.717) is 22.9 Å². The molecule has 1 amide bonds. The van der Waals surface area contributed by atoms with Crippen LogP contribution in [0.25, 0.3) is 0 Å². The third-order valence-corrected chi connectivity index (χ3v) is 2.88. The zero-order valence-corrected chi connectivity index (χ0v) is 11.1. The number of nitrogens with one attached hydrogen (secondary N) is 2. The standard InChI is InChI=1S/C14H16FN3O/c1-8(2)12-7-13(18-17-12)16-14(19)10-4-5-11(15)9(3)6-10/h4-8H,1-3H3,(H2,16,17,18,19). The van der Waals surface area contributed by atoms with E-state index in [1.807, 2.05) is 13.8 Å². The number of aromatic nitrogens is 2. The molecule has 0 saturated heterocycles. The van der Waals surface area contributed by atoms with Crippen molar-refractivity contribution in [2.24, 2.45) is 0 Å². The molecule has 0 atom stereocenters. The Morgan fingerprint density at radius 3 is 2.68 bits per heavy atom. The lowest BCUT2D eigenvalue weighted by molar-refractivity contribution is 0.102. The summed E-state index contributed by atoms with van der Waals surface area (Å²) in [6.07, 6.45) is 0. The Balaban J connectivity index is 2.13. The first-order valence-electron chi connectivity index (χ1n) is 6.10. The molecule has 2 rings (SSSR count). The monoisotopic (exact) mass is 261 g/mol. The van der Waals surface area contributed by atoms with Crippen LogP contribution in [0.3, 0.4) is 0 Å². The maximum atomic E-state index is 13.1. The summed E-state index contributed by atoms with van der Waals surface area (Å²) >= 11 is 0. The minimum absolute atomic E-state index is 0.301. The molecule has 19 heavy (non-hydrogen) atoms. The Morgan fingerprint density at radius 2 is 2.11 bits per heavy atom. The zero-order chi connectivity index (χ0) is 14.0. The number of aromatic amines is 1. The van der Waals surface area contributed by atoms with Crippen molar-refractivity contribution in [2.75, 3.05) is 5.32 Å². The second kappa shape index (κ2) is 5.22. The van der Waals surface area contributed by atoms with Gasteiger partial charge in [-0.3, -0.25) is 9.89 Å². The highest BCUT2D eigenvalue weighted by Crippen LogP contribution is 2.16. The molecule has 0 spiro atoms. The van der Waals surface area contributed by atoms with Crippen LogP contribution in [0.4, 0.5) is 10.2 Å². The molecule has 0 aliphatic rings. The lowest BCUT2D eigenvalue weighted by Gasteiger charge is -2.03. The van der Waals surface area contributed by atoms with Gasteiger partial charge >= 0.3 is 0 Å². The number of aryl methyl sites for hydroxylation is 1. The largest absolute Gasteiger partial charge is 0.305 e. The Labute approximate surface area is 111 Å². The van der Waals surface area contributed by atoms with Crippen LogP contribution in [-0.2, 0) is 0 Å². The van der Waals surface area contributed by atoms with Crippen molar-refractivity contribution >= 4 is 11.7 Å². The van der Waals surface area contributed by atoms with Crippen LogP contribution in [0.2, 0.25) is 0 Å². The fourth-order valence-corrected chi connectivity index (χ4v) is 1.67. The van der Waals surface area contributed by atoms with Crippen molar-refractivity contribution in [3.05, 3.63) is 46.9 Å². The van der Waals surface area contributed by atoms with Gasteiger partial charge in [0.15, 0.2) is 5.82 Å². The lowest BCUT2D eigenvalue weighted by atomic mass is 10.1. The molecular weight excluding hydrogens is 245 g/mol. The van der Waals surface area contributed by atoms with E-state index in [1.54, 1.807) is 13.0 Å². The SMILES string of the molecule is Cc1cc(C(=O)Nc2cc(C(C)C)[nH]n2)ccc1F. The van der Waals surface area contributed by atoms with E-state index in [9.17, 15) is 9.18 Å². The summed E-state index contributed by atoms with van der Waals surface area (Å²) in [6, 6.07) is 6.04. The maximum absolute atomic E-state index is 13.1. The molecule has 5 heteroatoms. The van der Waals surface area contributed by atoms with Gasteiger partial charge in [-0.2, -0.15) is 5.10 Å². The first-order valence-corrected chi connectivity index (χ1v) is 6.10. The number of anilines is 1. The zero-order valence-electron chi connectivity index (χ0n) is 11.1. The van der Waals surface area contributed by atoms with Crippen LogP contribution >= 0.6 is 0 Å². The molecule has 2 aromatic rings. The maximum Gasteiger partial charge on any atom is 0.256 e. The first kappa shape index (κ1) is 13.3. The van der Waals surface area contributed by atoms with Crippen molar-refractivity contribution in [1.29, 1.82) is 0 Å². The summed E-state index contributed by atoms with van der Waals surface area (Å²) in [7, 11) is 0. The minimum Gasteiger partial charge on any atom is -0.305 e. The van der Waals surface area contributed by atoms with E-state index in [4.69, 9.17) is 0 Å². The molecule has 0 radical (unpaired) electrons. The van der Waals surface area contributed by atoms with Crippen LogP contribution < -0.4 is 5.32 Å². The smallest absolute Gasteiger partial charge is 0.256 e. The number of hydrogen-bond acceptors (Lipinski definition) is 2. The number of halogens is 1. The van der Waals surface area contributed by atoms with Gasteiger partial charge in [-0.1, -0.05) is 13.8 Å². The molecule has 1 heterocycles. The number of hydrogen-bond donors (Lipinski definition) is 2. The topological polar surface area (TPSA) is 57.8 Å². The molecule has 4 nitrogen and oxygen atoms in total. The third kappa shape index (κ3) is 2.99. The Kier molecular flexibility index (Phi) is 3.64. The fourth-order valence-electron chi connectivity index (χ4n) is 1.67. The molecule has 100 valence electrons. The van der Waals surface area contributed by atoms with Crippen LogP contribution in [0, 0.1) is 12.7 Å². The highest BCUT2D eigenvalue weighted by atomic mass is 19.1. The second-order valence-electron chi connectivity index (χ2n) is 4.78. The van der Waals surface area contributed by atoms with E-state index in [0.717, 1.165) is 5.69 Å². The highest BCUT2D eigenvalue weighted by Gasteiger charge is 2.11. The van der Waals surface area contributed by atoms with Crippen LogP contribution in [0.15, 0.2) is 24.3 Å². The fraction of sp³-hybridized carbons (Fsp3) is 0.286. The van der Waals surface area contributed by atoms with E-state index in [1.165, 1.54) is 18.2 Å². The molecule has 1 aromatic carbocycles.